The van der Waals surface area contributed by atoms with E-state index in [4.69, 9.17) is 0 Å². The van der Waals surface area contributed by atoms with Crippen LogP contribution >= 0.6 is 0 Å². The highest BCUT2D eigenvalue weighted by molar-refractivity contribution is 5.76. The predicted octanol–water partition coefficient (Wildman–Crippen LogP) is 0.129. The van der Waals surface area contributed by atoms with Crippen molar-refractivity contribution in [2.75, 3.05) is 7.11 Å². The first-order chi connectivity index (χ1) is 11.4. The number of methoxy groups -OCH3 is 1. The molecule has 0 aliphatic rings. The van der Waals surface area contributed by atoms with Crippen LogP contribution in [0, 0.1) is 13.8 Å². The predicted molar refractivity (Wildman–Crippen MR) is 85.3 cm³/mol. The Morgan fingerprint density at radius 1 is 1.21 bits per heavy atom. The van der Waals surface area contributed by atoms with E-state index in [-0.39, 0.29) is 23.4 Å². The fourth-order valence-electron chi connectivity index (χ4n) is 2.45. The van der Waals surface area contributed by atoms with Crippen LogP contribution in [0.1, 0.15) is 17.1 Å². The quantitative estimate of drug-likeness (QED) is 0.658. The molecule has 0 spiro atoms. The van der Waals surface area contributed by atoms with E-state index < -0.39 is 17.0 Å². The number of carbonyl (C=O) groups excluding carboxylic acids is 1. The van der Waals surface area contributed by atoms with Gasteiger partial charge in [-0.1, -0.05) is 0 Å². The summed E-state index contributed by atoms with van der Waals surface area (Å²) in [6.07, 6.45) is -0.102. The van der Waals surface area contributed by atoms with Gasteiger partial charge in [0.15, 0.2) is 5.43 Å². The molecule has 0 fully saturated rings. The third-order valence-corrected chi connectivity index (χ3v) is 3.46. The van der Waals surface area contributed by atoms with E-state index in [2.05, 4.69) is 24.8 Å². The van der Waals surface area contributed by atoms with Crippen LogP contribution in [0.15, 0.2) is 21.7 Å². The van der Waals surface area contributed by atoms with Crippen LogP contribution in [-0.2, 0) is 16.0 Å². The summed E-state index contributed by atoms with van der Waals surface area (Å²) < 4.78 is 5.67. The highest BCUT2D eigenvalue weighted by atomic mass is 16.5. The van der Waals surface area contributed by atoms with Crippen LogP contribution in [0.3, 0.4) is 0 Å². The number of ether oxygens (including phenoxy) is 1. The Labute approximate surface area is 135 Å². The van der Waals surface area contributed by atoms with Crippen molar-refractivity contribution in [3.05, 3.63) is 49.8 Å². The maximum Gasteiger partial charge on any atom is 0.311 e. The Kier molecular flexibility index (Phi) is 3.76. The van der Waals surface area contributed by atoms with Crippen LogP contribution in [0.2, 0.25) is 0 Å². The SMILES string of the molecule is COC(=O)Cc1cc(=O)c2c(=O)n(-c3nc(C)cc(C)n3)[nH]c2[nH]1. The topological polar surface area (TPSA) is 123 Å². The van der Waals surface area contributed by atoms with Crippen LogP contribution in [-0.4, -0.2) is 37.8 Å². The summed E-state index contributed by atoms with van der Waals surface area (Å²) in [4.78, 5) is 47.3. The lowest BCUT2D eigenvalue weighted by atomic mass is 10.2. The van der Waals surface area contributed by atoms with Crippen LogP contribution < -0.4 is 11.0 Å². The zero-order chi connectivity index (χ0) is 17.4. The number of aromatic amines is 2. The van der Waals surface area contributed by atoms with Gasteiger partial charge in [-0.25, -0.2) is 9.97 Å². The maximum absolute atomic E-state index is 12.5. The molecule has 3 aromatic heterocycles. The number of pyridine rings is 1. The van der Waals surface area contributed by atoms with Crippen molar-refractivity contribution in [1.29, 1.82) is 0 Å². The van der Waals surface area contributed by atoms with E-state index in [0.29, 0.717) is 17.1 Å². The van der Waals surface area contributed by atoms with Gasteiger partial charge in [-0.15, -0.1) is 0 Å². The summed E-state index contributed by atoms with van der Waals surface area (Å²) in [6, 6.07) is 2.98. The number of nitrogens with zero attached hydrogens (tertiary/aromatic N) is 3. The van der Waals surface area contributed by atoms with Crippen molar-refractivity contribution in [3.8, 4) is 5.95 Å². The number of esters is 1. The summed E-state index contributed by atoms with van der Waals surface area (Å²) in [5.74, 6) is -0.347. The number of carbonyl (C=O) groups is 1. The molecule has 0 saturated carbocycles. The summed E-state index contributed by atoms with van der Waals surface area (Å²) in [5.41, 5.74) is 0.887. The van der Waals surface area contributed by atoms with Gasteiger partial charge in [-0.2, -0.15) is 4.68 Å². The maximum atomic E-state index is 12.5. The van der Waals surface area contributed by atoms with Gasteiger partial charge < -0.3 is 9.72 Å². The van der Waals surface area contributed by atoms with E-state index in [1.807, 2.05) is 0 Å². The van der Waals surface area contributed by atoms with Gasteiger partial charge in [0.25, 0.3) is 11.5 Å². The molecule has 0 saturated heterocycles. The summed E-state index contributed by atoms with van der Waals surface area (Å²) in [5, 5.41) is 2.73. The Morgan fingerprint density at radius 3 is 2.50 bits per heavy atom. The lowest BCUT2D eigenvalue weighted by Gasteiger charge is -2.02. The fraction of sp³-hybridized carbons (Fsp3) is 0.267. The molecule has 0 bridgehead atoms. The molecular weight excluding hydrogens is 314 g/mol. The zero-order valence-electron chi connectivity index (χ0n) is 13.3. The lowest BCUT2D eigenvalue weighted by Crippen LogP contribution is -2.21. The molecule has 0 aliphatic heterocycles. The number of hydrogen-bond acceptors (Lipinski definition) is 6. The fourth-order valence-corrected chi connectivity index (χ4v) is 2.45. The molecule has 0 atom stereocenters. The van der Waals surface area contributed by atoms with Crippen LogP contribution in [0.25, 0.3) is 17.0 Å². The Bertz CT molecular complexity index is 1040. The van der Waals surface area contributed by atoms with E-state index >= 15 is 0 Å². The normalized spacial score (nSPS) is 11.0. The number of H-pyrrole nitrogens is 2. The van der Waals surface area contributed by atoms with Crippen LogP contribution in [0.5, 0.6) is 0 Å². The Balaban J connectivity index is 2.20. The largest absolute Gasteiger partial charge is 0.469 e. The van der Waals surface area contributed by atoms with Gasteiger partial charge >= 0.3 is 5.97 Å². The minimum atomic E-state index is -0.555. The molecule has 0 radical (unpaired) electrons. The summed E-state index contributed by atoms with van der Waals surface area (Å²) >= 11 is 0. The zero-order valence-corrected chi connectivity index (χ0v) is 13.3. The number of aryl methyl sites for hydroxylation is 2. The van der Waals surface area contributed by atoms with Gasteiger partial charge in [0, 0.05) is 23.1 Å². The van der Waals surface area contributed by atoms with Crippen LogP contribution in [0.4, 0.5) is 0 Å². The van der Waals surface area contributed by atoms with E-state index in [0.717, 1.165) is 4.68 Å². The first-order valence-corrected chi connectivity index (χ1v) is 7.15. The van der Waals surface area contributed by atoms with Gasteiger partial charge in [-0.05, 0) is 19.9 Å². The Hall–Kier alpha value is -3.23. The number of rotatable bonds is 3. The highest BCUT2D eigenvalue weighted by Gasteiger charge is 2.16. The first-order valence-electron chi connectivity index (χ1n) is 7.15. The third kappa shape index (κ3) is 2.71. The molecular formula is C15H15N5O4. The van der Waals surface area contributed by atoms with Gasteiger partial charge in [0.05, 0.1) is 13.5 Å². The molecule has 0 aromatic carbocycles. The van der Waals surface area contributed by atoms with Crippen molar-refractivity contribution in [3.63, 3.8) is 0 Å². The van der Waals surface area contributed by atoms with Crippen molar-refractivity contribution >= 4 is 17.0 Å². The average Bonchev–Trinajstić information content (AvgIpc) is 2.83. The minimum absolute atomic E-state index is 0.0497. The summed E-state index contributed by atoms with van der Waals surface area (Å²) in [6.45, 7) is 3.57. The molecule has 0 unspecified atom stereocenters. The van der Waals surface area contributed by atoms with E-state index in [1.165, 1.54) is 13.2 Å². The molecule has 0 aliphatic carbocycles. The summed E-state index contributed by atoms with van der Waals surface area (Å²) in [7, 11) is 1.26. The van der Waals surface area contributed by atoms with Gasteiger partial charge in [0.1, 0.15) is 11.0 Å². The second-order valence-electron chi connectivity index (χ2n) is 5.36. The third-order valence-electron chi connectivity index (χ3n) is 3.46. The Morgan fingerprint density at radius 2 is 1.88 bits per heavy atom. The second kappa shape index (κ2) is 5.76. The van der Waals surface area contributed by atoms with Crippen molar-refractivity contribution < 1.29 is 9.53 Å². The van der Waals surface area contributed by atoms with E-state index in [1.54, 1.807) is 19.9 Å². The van der Waals surface area contributed by atoms with Crippen molar-refractivity contribution in [2.24, 2.45) is 0 Å². The van der Waals surface area contributed by atoms with E-state index in [9.17, 15) is 14.4 Å². The average molecular weight is 329 g/mol. The number of nitrogens with one attached hydrogen (secondary N) is 2. The molecule has 9 nitrogen and oxygen atoms in total. The molecule has 124 valence electrons. The molecule has 24 heavy (non-hydrogen) atoms. The van der Waals surface area contributed by atoms with Gasteiger partial charge in [0.2, 0.25) is 0 Å². The van der Waals surface area contributed by atoms with Crippen molar-refractivity contribution in [2.45, 2.75) is 20.3 Å². The molecule has 2 N–H and O–H groups in total. The highest BCUT2D eigenvalue weighted by Crippen LogP contribution is 2.07. The lowest BCUT2D eigenvalue weighted by molar-refractivity contribution is -0.139. The first kappa shape index (κ1) is 15.7. The smallest absolute Gasteiger partial charge is 0.311 e. The second-order valence-corrected chi connectivity index (χ2v) is 5.36. The monoisotopic (exact) mass is 329 g/mol. The molecule has 0 amide bonds. The number of fused-ring (bicyclic) bond motifs is 1. The minimum Gasteiger partial charge on any atom is -0.469 e. The number of hydrogen-bond donors (Lipinski definition) is 2. The molecule has 3 rings (SSSR count). The standard InChI is InChI=1S/C15H15N5O4/c1-7-4-8(2)17-15(16-7)20-14(23)12-10(21)5-9(6-11(22)24-3)18-13(12)19-20/h4-5H,6H2,1-3H3,(H2,18,19,21). The number of aromatic nitrogens is 5. The molecule has 9 heteroatoms. The van der Waals surface area contributed by atoms with Crippen molar-refractivity contribution in [1.82, 2.24) is 24.7 Å². The van der Waals surface area contributed by atoms with Gasteiger partial charge in [-0.3, -0.25) is 19.5 Å². The molecule has 3 heterocycles. The molecule has 3 aromatic rings.